The first-order chi connectivity index (χ1) is 17.2. The summed E-state index contributed by atoms with van der Waals surface area (Å²) in [7, 11) is 0. The van der Waals surface area contributed by atoms with Crippen LogP contribution in [0.3, 0.4) is 0 Å². The van der Waals surface area contributed by atoms with Crippen LogP contribution in [0.1, 0.15) is 74.0 Å². The van der Waals surface area contributed by atoms with Crippen molar-refractivity contribution in [2.45, 2.75) is 76.2 Å². The fourth-order valence-electron chi connectivity index (χ4n) is 5.15. The van der Waals surface area contributed by atoms with Gasteiger partial charge in [-0.15, -0.1) is 0 Å². The Labute approximate surface area is 209 Å². The number of hydrogen-bond donors (Lipinski definition) is 3. The largest absolute Gasteiger partial charge is 0.474 e. The molecule has 2 saturated carbocycles. The second-order valence-electron chi connectivity index (χ2n) is 10.7. The number of pyridine rings is 3. The number of nitrogens with one attached hydrogen (secondary N) is 1. The van der Waals surface area contributed by atoms with Gasteiger partial charge in [0.1, 0.15) is 23.8 Å². The summed E-state index contributed by atoms with van der Waals surface area (Å²) in [6.45, 7) is 5.94. The van der Waals surface area contributed by atoms with Crippen molar-refractivity contribution in [3.8, 4) is 5.88 Å². The first-order valence-electron chi connectivity index (χ1n) is 12.6. The van der Waals surface area contributed by atoms with Crippen LogP contribution in [-0.2, 0) is 10.3 Å². The number of anilines is 2. The minimum absolute atomic E-state index is 0.0112. The highest BCUT2D eigenvalue weighted by atomic mass is 16.5. The fraction of sp³-hybridized carbons (Fsp3) is 0.481. The summed E-state index contributed by atoms with van der Waals surface area (Å²) in [6, 6.07) is 5.47. The van der Waals surface area contributed by atoms with Gasteiger partial charge in [-0.1, -0.05) is 6.92 Å². The van der Waals surface area contributed by atoms with Crippen LogP contribution in [0.25, 0.3) is 10.8 Å². The molecule has 0 radical (unpaired) electrons. The second kappa shape index (κ2) is 8.38. The van der Waals surface area contributed by atoms with Crippen molar-refractivity contribution in [2.75, 3.05) is 5.32 Å². The predicted octanol–water partition coefficient (Wildman–Crippen LogP) is 3.92. The number of aliphatic hydroxyl groups is 1. The molecule has 9 heteroatoms. The molecule has 4 N–H and O–H groups in total. The number of esters is 1. The molecule has 3 aromatic heterocycles. The molecule has 1 aliphatic heterocycles. The smallest absolute Gasteiger partial charge is 0.340 e. The lowest BCUT2D eigenvalue weighted by atomic mass is 9.86. The molecule has 188 valence electrons. The molecule has 0 spiro atoms. The molecule has 0 unspecified atom stereocenters. The number of carbonyl (C=O) groups is 1. The highest BCUT2D eigenvalue weighted by molar-refractivity contribution is 5.93. The number of carbonyl (C=O) groups excluding carboxylic acids is 1. The fourth-order valence-corrected chi connectivity index (χ4v) is 5.15. The van der Waals surface area contributed by atoms with E-state index in [4.69, 9.17) is 20.2 Å². The van der Waals surface area contributed by atoms with Gasteiger partial charge in [0, 0.05) is 36.7 Å². The average Bonchev–Trinajstić information content (AvgIpc) is 3.68. The number of ether oxygens (including phenoxy) is 2. The van der Waals surface area contributed by atoms with E-state index in [9.17, 15) is 9.90 Å². The Kier molecular flexibility index (Phi) is 5.38. The predicted molar refractivity (Wildman–Crippen MR) is 134 cm³/mol. The summed E-state index contributed by atoms with van der Waals surface area (Å²) in [5, 5.41) is 14.7. The number of rotatable bonds is 6. The summed E-state index contributed by atoms with van der Waals surface area (Å²) in [4.78, 5) is 26.2. The van der Waals surface area contributed by atoms with Gasteiger partial charge in [0.2, 0.25) is 5.88 Å². The maximum absolute atomic E-state index is 12.3. The number of cyclic esters (lactones) is 1. The van der Waals surface area contributed by atoms with Crippen molar-refractivity contribution in [1.29, 1.82) is 0 Å². The first kappa shape index (κ1) is 23.1. The maximum atomic E-state index is 12.3. The van der Waals surface area contributed by atoms with E-state index in [0.717, 1.165) is 34.9 Å². The Hall–Kier alpha value is -3.30. The highest BCUT2D eigenvalue weighted by Crippen LogP contribution is 2.46. The van der Waals surface area contributed by atoms with Gasteiger partial charge in [-0.25, -0.2) is 19.7 Å². The molecule has 9 nitrogen and oxygen atoms in total. The van der Waals surface area contributed by atoms with E-state index < -0.39 is 5.54 Å². The molecule has 0 amide bonds. The molecular weight excluding hydrogens is 458 g/mol. The second-order valence-corrected chi connectivity index (χ2v) is 10.7. The zero-order valence-corrected chi connectivity index (χ0v) is 20.7. The minimum Gasteiger partial charge on any atom is -0.474 e. The molecule has 3 atom stereocenters. The van der Waals surface area contributed by atoms with Gasteiger partial charge < -0.3 is 25.6 Å². The molecule has 6 rings (SSSR count). The highest BCUT2D eigenvalue weighted by Gasteiger charge is 2.41. The number of nitrogens with zero attached hydrogens (tertiary/aromatic N) is 3. The molecule has 36 heavy (non-hydrogen) atoms. The van der Waals surface area contributed by atoms with Crippen molar-refractivity contribution in [3.63, 3.8) is 0 Å². The molecule has 3 aromatic rings. The minimum atomic E-state index is -0.523. The summed E-state index contributed by atoms with van der Waals surface area (Å²) < 4.78 is 11.5. The number of aliphatic hydroxyl groups excluding tert-OH is 1. The zero-order chi connectivity index (χ0) is 25.2. The van der Waals surface area contributed by atoms with Crippen LogP contribution in [0.5, 0.6) is 5.88 Å². The molecule has 0 bridgehead atoms. The van der Waals surface area contributed by atoms with Gasteiger partial charge in [0.15, 0.2) is 0 Å². The molecule has 2 aliphatic carbocycles. The molecular formula is C27H31N5O4. The van der Waals surface area contributed by atoms with Crippen LogP contribution in [-0.4, -0.2) is 44.3 Å². The van der Waals surface area contributed by atoms with E-state index in [1.807, 2.05) is 26.1 Å². The van der Waals surface area contributed by atoms with Gasteiger partial charge >= 0.3 is 5.97 Å². The normalized spacial score (nSPS) is 27.0. The van der Waals surface area contributed by atoms with Crippen molar-refractivity contribution in [3.05, 3.63) is 47.4 Å². The van der Waals surface area contributed by atoms with Gasteiger partial charge in [0.05, 0.1) is 22.7 Å². The Balaban J connectivity index is 1.37. The van der Waals surface area contributed by atoms with Crippen LogP contribution in [0, 0.1) is 5.92 Å². The Morgan fingerprint density at radius 3 is 2.64 bits per heavy atom. The van der Waals surface area contributed by atoms with Crippen molar-refractivity contribution in [1.82, 2.24) is 15.0 Å². The van der Waals surface area contributed by atoms with Crippen molar-refractivity contribution < 1.29 is 19.4 Å². The summed E-state index contributed by atoms with van der Waals surface area (Å²) >= 11 is 0. The third kappa shape index (κ3) is 3.96. The number of fused-ring (bicyclic) bond motifs is 2. The monoisotopic (exact) mass is 489 g/mol. The third-order valence-electron chi connectivity index (χ3n) is 7.92. The molecule has 2 fully saturated rings. The van der Waals surface area contributed by atoms with E-state index >= 15 is 0 Å². The van der Waals surface area contributed by atoms with Crippen molar-refractivity contribution >= 4 is 28.4 Å². The number of aromatic nitrogens is 3. The quantitative estimate of drug-likeness (QED) is 0.441. The van der Waals surface area contributed by atoms with Crippen LogP contribution < -0.4 is 15.8 Å². The van der Waals surface area contributed by atoms with Gasteiger partial charge in [-0.3, -0.25) is 0 Å². The molecule has 0 aromatic carbocycles. The lowest BCUT2D eigenvalue weighted by Crippen LogP contribution is -2.38. The zero-order valence-electron chi connectivity index (χ0n) is 20.7. The van der Waals surface area contributed by atoms with E-state index in [-0.39, 0.29) is 30.2 Å². The molecule has 0 saturated heterocycles. The van der Waals surface area contributed by atoms with Crippen LogP contribution in [0.15, 0.2) is 30.6 Å². The van der Waals surface area contributed by atoms with Gasteiger partial charge in [0.25, 0.3) is 0 Å². The van der Waals surface area contributed by atoms with Crippen molar-refractivity contribution in [2.24, 2.45) is 11.7 Å². The Morgan fingerprint density at radius 1 is 1.14 bits per heavy atom. The summed E-state index contributed by atoms with van der Waals surface area (Å²) in [6.07, 6.45) is 6.37. The Morgan fingerprint density at radius 2 is 1.92 bits per heavy atom. The Bertz CT molecular complexity index is 1350. The van der Waals surface area contributed by atoms with E-state index in [1.165, 1.54) is 0 Å². The van der Waals surface area contributed by atoms with E-state index in [1.54, 1.807) is 18.3 Å². The topological polar surface area (TPSA) is 132 Å². The molecule has 4 heterocycles. The van der Waals surface area contributed by atoms with Crippen LogP contribution >= 0.6 is 0 Å². The van der Waals surface area contributed by atoms with Crippen LogP contribution in [0.2, 0.25) is 0 Å². The molecule has 3 aliphatic rings. The summed E-state index contributed by atoms with van der Waals surface area (Å²) in [5.41, 5.74) is 8.47. The standard InChI is InChI=1S/C27H31N5O4/c1-13-14(2)35-26(34)18-6-7-22(32-24(13)18)31-23-10-19-20(11-29-23)25(36-17-8-16(33)9-17)30-12-21(19)27(3,28)15-4-5-15/h6-7,10-17,33H,4-5,8-9,28H2,1-3H3,(H,29,31,32)/t13-,14-,16?,17?,27-/m0/s1. The maximum Gasteiger partial charge on any atom is 0.340 e. The van der Waals surface area contributed by atoms with Gasteiger partial charge in [-0.05, 0) is 61.8 Å². The number of nitrogens with two attached hydrogens (primary N) is 1. The third-order valence-corrected chi connectivity index (χ3v) is 7.92. The van der Waals surface area contributed by atoms with E-state index in [0.29, 0.717) is 41.8 Å². The first-order valence-corrected chi connectivity index (χ1v) is 12.6. The van der Waals surface area contributed by atoms with E-state index in [2.05, 4.69) is 22.2 Å². The summed E-state index contributed by atoms with van der Waals surface area (Å²) in [5.74, 6) is 1.77. The SMILES string of the molecule is C[C@@H]1OC(=O)c2ccc(Nc3cc4c([C@@](C)(N)C5CC5)cnc(OC5CC(O)C5)c4cn3)nc2[C@H]1C. The van der Waals surface area contributed by atoms with Gasteiger partial charge in [-0.2, -0.15) is 0 Å². The average molecular weight is 490 g/mol. The number of hydrogen-bond acceptors (Lipinski definition) is 9. The lowest BCUT2D eigenvalue weighted by Gasteiger charge is -2.32. The van der Waals surface area contributed by atoms with Crippen LogP contribution in [0.4, 0.5) is 11.6 Å². The lowest BCUT2D eigenvalue weighted by molar-refractivity contribution is -0.0120.